The first-order chi connectivity index (χ1) is 9.28. The number of nitrogens with one attached hydrogen (secondary N) is 1. The van der Waals surface area contributed by atoms with Crippen LogP contribution >= 0.6 is 0 Å². The molecule has 0 spiro atoms. The van der Waals surface area contributed by atoms with Gasteiger partial charge >= 0.3 is 0 Å². The molecular weight excluding hydrogens is 276 g/mol. The lowest BCUT2D eigenvalue weighted by atomic mass is 9.90. The Morgan fingerprint density at radius 1 is 1.45 bits per heavy atom. The van der Waals surface area contributed by atoms with E-state index in [1.807, 2.05) is 20.8 Å². The van der Waals surface area contributed by atoms with Crippen molar-refractivity contribution in [1.29, 1.82) is 0 Å². The van der Waals surface area contributed by atoms with Crippen molar-refractivity contribution in [1.82, 2.24) is 4.72 Å². The third-order valence-electron chi connectivity index (χ3n) is 4.04. The normalized spacial score (nSPS) is 17.6. The predicted molar refractivity (Wildman–Crippen MR) is 78.3 cm³/mol. The van der Waals surface area contributed by atoms with Crippen LogP contribution in [0, 0.1) is 5.92 Å². The first-order valence-corrected chi connectivity index (χ1v) is 8.26. The summed E-state index contributed by atoms with van der Waals surface area (Å²) in [6.45, 7) is 6.58. The summed E-state index contributed by atoms with van der Waals surface area (Å²) in [7, 11) is -3.58. The van der Waals surface area contributed by atoms with Gasteiger partial charge in [-0.15, -0.1) is 0 Å². The lowest BCUT2D eigenvalue weighted by Crippen LogP contribution is -2.54. The van der Waals surface area contributed by atoms with Crippen LogP contribution in [0.1, 0.15) is 26.3 Å². The Kier molecular flexibility index (Phi) is 4.09. The van der Waals surface area contributed by atoms with E-state index >= 15 is 0 Å². The molecule has 1 heterocycles. The molecule has 0 saturated heterocycles. The van der Waals surface area contributed by atoms with E-state index in [0.29, 0.717) is 6.61 Å². The summed E-state index contributed by atoms with van der Waals surface area (Å²) < 4.78 is 33.1. The Bertz CT molecular complexity index is 598. The van der Waals surface area contributed by atoms with E-state index < -0.39 is 15.6 Å². The standard InChI is InChI=1S/C14H22N2O3S/c1-10(2)14(3,9-15)16-20(17,18)12-4-5-13-11(8-12)6-7-19-13/h4-5,8,10,16H,6-7,9,15H2,1-3H3. The number of hydrogen-bond donors (Lipinski definition) is 2. The van der Waals surface area contributed by atoms with E-state index in [9.17, 15) is 8.42 Å². The second kappa shape index (κ2) is 5.35. The van der Waals surface area contributed by atoms with Crippen LogP contribution in [-0.4, -0.2) is 27.1 Å². The largest absolute Gasteiger partial charge is 0.493 e. The van der Waals surface area contributed by atoms with Gasteiger partial charge in [0.05, 0.1) is 11.5 Å². The first-order valence-electron chi connectivity index (χ1n) is 6.78. The number of rotatable bonds is 5. The SMILES string of the molecule is CC(C)C(C)(CN)NS(=O)(=O)c1ccc2c(c1)CCO2. The molecule has 0 amide bonds. The highest BCUT2D eigenvalue weighted by molar-refractivity contribution is 7.89. The zero-order valence-electron chi connectivity index (χ0n) is 12.1. The maximum Gasteiger partial charge on any atom is 0.241 e. The molecule has 0 fully saturated rings. The maximum absolute atomic E-state index is 12.5. The van der Waals surface area contributed by atoms with Crippen LogP contribution in [0.5, 0.6) is 5.75 Å². The molecule has 1 aliphatic heterocycles. The fraction of sp³-hybridized carbons (Fsp3) is 0.571. The molecule has 112 valence electrons. The molecule has 6 heteroatoms. The van der Waals surface area contributed by atoms with Gasteiger partial charge in [0.2, 0.25) is 10.0 Å². The fourth-order valence-corrected chi connectivity index (χ4v) is 3.69. The molecule has 1 aromatic carbocycles. The third-order valence-corrected chi connectivity index (χ3v) is 5.65. The van der Waals surface area contributed by atoms with Gasteiger partial charge in [-0.2, -0.15) is 0 Å². The van der Waals surface area contributed by atoms with Crippen molar-refractivity contribution in [2.45, 2.75) is 37.6 Å². The molecule has 2 rings (SSSR count). The number of sulfonamides is 1. The van der Waals surface area contributed by atoms with Crippen molar-refractivity contribution in [3.63, 3.8) is 0 Å². The van der Waals surface area contributed by atoms with Crippen molar-refractivity contribution in [3.05, 3.63) is 23.8 Å². The highest BCUT2D eigenvalue weighted by Gasteiger charge is 2.32. The average Bonchev–Trinajstić information content (AvgIpc) is 2.85. The minimum atomic E-state index is -3.58. The summed E-state index contributed by atoms with van der Waals surface area (Å²) in [5.74, 6) is 0.870. The van der Waals surface area contributed by atoms with E-state index in [4.69, 9.17) is 10.5 Å². The summed E-state index contributed by atoms with van der Waals surface area (Å²) in [5.41, 5.74) is 6.01. The van der Waals surface area contributed by atoms with Crippen LogP contribution < -0.4 is 15.2 Å². The minimum absolute atomic E-state index is 0.0973. The summed E-state index contributed by atoms with van der Waals surface area (Å²) in [6, 6.07) is 4.97. The van der Waals surface area contributed by atoms with Gasteiger partial charge in [-0.1, -0.05) is 13.8 Å². The monoisotopic (exact) mass is 298 g/mol. The third kappa shape index (κ3) is 2.82. The van der Waals surface area contributed by atoms with E-state index in [2.05, 4.69) is 4.72 Å². The number of benzene rings is 1. The van der Waals surface area contributed by atoms with Gasteiger partial charge < -0.3 is 10.5 Å². The summed E-state index contributed by atoms with van der Waals surface area (Å²) in [6.07, 6.45) is 0.747. The van der Waals surface area contributed by atoms with Crippen LogP contribution in [0.2, 0.25) is 0 Å². The fourth-order valence-electron chi connectivity index (χ4n) is 2.09. The van der Waals surface area contributed by atoms with Crippen molar-refractivity contribution in [2.75, 3.05) is 13.2 Å². The molecule has 3 N–H and O–H groups in total. The summed E-state index contributed by atoms with van der Waals surface area (Å²) >= 11 is 0. The lowest BCUT2D eigenvalue weighted by molar-refractivity contribution is 0.315. The lowest BCUT2D eigenvalue weighted by Gasteiger charge is -2.33. The summed E-state index contributed by atoms with van der Waals surface area (Å²) in [4.78, 5) is 0.266. The Hall–Kier alpha value is -1.11. The van der Waals surface area contributed by atoms with Gasteiger partial charge in [0.25, 0.3) is 0 Å². The van der Waals surface area contributed by atoms with Crippen LogP contribution in [0.25, 0.3) is 0 Å². The van der Waals surface area contributed by atoms with Crippen LogP contribution in [0.4, 0.5) is 0 Å². The Morgan fingerprint density at radius 3 is 2.75 bits per heavy atom. The molecule has 0 saturated carbocycles. The molecular formula is C14H22N2O3S. The molecule has 0 aliphatic carbocycles. The second-order valence-corrected chi connectivity index (χ2v) is 7.43. The Balaban J connectivity index is 2.31. The van der Waals surface area contributed by atoms with E-state index in [-0.39, 0.29) is 17.4 Å². The van der Waals surface area contributed by atoms with Crippen LogP contribution in [-0.2, 0) is 16.4 Å². The number of fused-ring (bicyclic) bond motifs is 1. The van der Waals surface area contributed by atoms with E-state index in [0.717, 1.165) is 17.7 Å². The highest BCUT2D eigenvalue weighted by Crippen LogP contribution is 2.28. The Morgan fingerprint density at radius 2 is 2.15 bits per heavy atom. The van der Waals surface area contributed by atoms with Crippen LogP contribution in [0.15, 0.2) is 23.1 Å². The molecule has 0 bridgehead atoms. The zero-order valence-corrected chi connectivity index (χ0v) is 13.0. The van der Waals surface area contributed by atoms with Crippen molar-refractivity contribution in [3.8, 4) is 5.75 Å². The maximum atomic E-state index is 12.5. The first kappa shape index (κ1) is 15.3. The van der Waals surface area contributed by atoms with Crippen LogP contribution in [0.3, 0.4) is 0 Å². The summed E-state index contributed by atoms with van der Waals surface area (Å²) in [5, 5.41) is 0. The number of hydrogen-bond acceptors (Lipinski definition) is 4. The molecule has 1 unspecified atom stereocenters. The molecule has 1 aliphatic rings. The second-order valence-electron chi connectivity index (χ2n) is 5.75. The van der Waals surface area contributed by atoms with E-state index in [1.54, 1.807) is 18.2 Å². The van der Waals surface area contributed by atoms with Gasteiger partial charge in [0.15, 0.2) is 0 Å². The van der Waals surface area contributed by atoms with Gasteiger partial charge in [0.1, 0.15) is 5.75 Å². The molecule has 1 aromatic rings. The molecule has 0 aromatic heterocycles. The smallest absolute Gasteiger partial charge is 0.241 e. The predicted octanol–water partition coefficient (Wildman–Crippen LogP) is 1.27. The van der Waals surface area contributed by atoms with Crippen molar-refractivity contribution in [2.24, 2.45) is 11.7 Å². The molecule has 5 nitrogen and oxygen atoms in total. The van der Waals surface area contributed by atoms with Gasteiger partial charge in [-0.25, -0.2) is 13.1 Å². The van der Waals surface area contributed by atoms with Gasteiger partial charge in [0, 0.05) is 18.5 Å². The molecule has 20 heavy (non-hydrogen) atoms. The van der Waals surface area contributed by atoms with Crippen molar-refractivity contribution < 1.29 is 13.2 Å². The van der Waals surface area contributed by atoms with Gasteiger partial charge in [-0.05, 0) is 36.6 Å². The Labute approximate surface area is 120 Å². The van der Waals surface area contributed by atoms with Gasteiger partial charge in [-0.3, -0.25) is 0 Å². The van der Waals surface area contributed by atoms with E-state index in [1.165, 1.54) is 0 Å². The average molecular weight is 298 g/mol. The molecule has 1 atom stereocenters. The van der Waals surface area contributed by atoms with Crippen molar-refractivity contribution >= 4 is 10.0 Å². The topological polar surface area (TPSA) is 81.4 Å². The molecule has 0 radical (unpaired) electrons. The highest BCUT2D eigenvalue weighted by atomic mass is 32.2. The quantitative estimate of drug-likeness (QED) is 0.858. The zero-order chi connectivity index (χ0) is 15.0. The number of nitrogens with two attached hydrogens (primary N) is 1. The number of ether oxygens (including phenoxy) is 1. The minimum Gasteiger partial charge on any atom is -0.493 e.